The van der Waals surface area contributed by atoms with E-state index in [-0.39, 0.29) is 0 Å². The number of hydrogen-bond acceptors (Lipinski definition) is 0. The summed E-state index contributed by atoms with van der Waals surface area (Å²) < 4.78 is 0. The van der Waals surface area contributed by atoms with E-state index in [2.05, 4.69) is 118 Å². The molecule has 224 valence electrons. The molecule has 0 saturated carbocycles. The summed E-state index contributed by atoms with van der Waals surface area (Å²) in [6.45, 7) is 23.6. The van der Waals surface area contributed by atoms with E-state index in [0.29, 0.717) is 16.7 Å². The van der Waals surface area contributed by atoms with Gasteiger partial charge in [-0.05, 0) is 133 Å². The van der Waals surface area contributed by atoms with Gasteiger partial charge >= 0.3 is 0 Å². The van der Waals surface area contributed by atoms with Gasteiger partial charge < -0.3 is 0 Å². The van der Waals surface area contributed by atoms with Gasteiger partial charge in [0.25, 0.3) is 0 Å². The van der Waals surface area contributed by atoms with Gasteiger partial charge in [0, 0.05) is 0 Å². The molecule has 0 aliphatic heterocycles. The standard InChI is InChI=1S/C40H64/c1-31(19-13-21-33(3)25-27-37-35(5)23-15-29-39(37,7)8)17-11-12-18-32(2)20-14-22-34(4)26-28-38-36(6)24-16-30-40(38,9)10/h13-14,17,19-20,22,26,28,32-33H,11-12,15-16,18,21,23-25,27,29-30H2,1-10H3/b19-13-,20-14+,28-26+,31-17+,34-22+. The summed E-state index contributed by atoms with van der Waals surface area (Å²) in [4.78, 5) is 0. The van der Waals surface area contributed by atoms with E-state index in [4.69, 9.17) is 0 Å². The molecule has 0 radical (unpaired) electrons. The number of hydrogen-bond donors (Lipinski definition) is 0. The average molecular weight is 545 g/mol. The Kier molecular flexibility index (Phi) is 14.3. The van der Waals surface area contributed by atoms with Gasteiger partial charge in [0.1, 0.15) is 0 Å². The molecular formula is C40H64. The summed E-state index contributed by atoms with van der Waals surface area (Å²) in [6, 6.07) is 0. The van der Waals surface area contributed by atoms with Crippen molar-refractivity contribution in [1.82, 2.24) is 0 Å². The highest BCUT2D eigenvalue weighted by molar-refractivity contribution is 5.36. The van der Waals surface area contributed by atoms with Gasteiger partial charge in [-0.15, -0.1) is 0 Å². The molecule has 0 aromatic carbocycles. The molecule has 0 nitrogen and oxygen atoms in total. The van der Waals surface area contributed by atoms with Crippen LogP contribution in [-0.4, -0.2) is 0 Å². The molecule has 0 bridgehead atoms. The molecule has 40 heavy (non-hydrogen) atoms. The maximum absolute atomic E-state index is 2.45. The fraction of sp³-hybridized carbons (Fsp3) is 0.650. The molecule has 2 unspecified atom stereocenters. The van der Waals surface area contributed by atoms with Crippen LogP contribution in [0.2, 0.25) is 0 Å². The van der Waals surface area contributed by atoms with Gasteiger partial charge in [-0.1, -0.05) is 118 Å². The van der Waals surface area contributed by atoms with Crippen molar-refractivity contribution >= 4 is 0 Å². The molecule has 0 fully saturated rings. The topological polar surface area (TPSA) is 0 Å². The third kappa shape index (κ3) is 12.0. The summed E-state index contributed by atoms with van der Waals surface area (Å²) in [5.41, 5.74) is 10.0. The molecule has 0 N–H and O–H groups in total. The van der Waals surface area contributed by atoms with Crippen LogP contribution in [0.25, 0.3) is 0 Å². The zero-order valence-corrected chi connectivity index (χ0v) is 28.3. The predicted octanol–water partition coefficient (Wildman–Crippen LogP) is 13.2. The van der Waals surface area contributed by atoms with Gasteiger partial charge in [-0.2, -0.15) is 0 Å². The second kappa shape index (κ2) is 16.6. The van der Waals surface area contributed by atoms with Gasteiger partial charge in [0.05, 0.1) is 0 Å². The van der Waals surface area contributed by atoms with E-state index in [0.717, 1.165) is 5.92 Å². The van der Waals surface area contributed by atoms with Crippen molar-refractivity contribution < 1.29 is 0 Å². The highest BCUT2D eigenvalue weighted by atomic mass is 14.3. The lowest BCUT2D eigenvalue weighted by Crippen LogP contribution is -2.20. The first-order valence-corrected chi connectivity index (χ1v) is 16.6. The molecule has 0 amide bonds. The van der Waals surface area contributed by atoms with Gasteiger partial charge in [-0.25, -0.2) is 0 Å². The maximum Gasteiger partial charge on any atom is -0.0104 e. The van der Waals surface area contributed by atoms with Crippen LogP contribution in [-0.2, 0) is 0 Å². The monoisotopic (exact) mass is 545 g/mol. The molecule has 0 spiro atoms. The van der Waals surface area contributed by atoms with Crippen molar-refractivity contribution in [3.05, 3.63) is 82.0 Å². The fourth-order valence-electron chi connectivity index (χ4n) is 6.83. The van der Waals surface area contributed by atoms with Crippen LogP contribution < -0.4 is 0 Å². The average Bonchev–Trinajstić information content (AvgIpc) is 2.85. The molecule has 2 aliphatic rings. The minimum absolute atomic E-state index is 0.313. The second-order valence-electron chi connectivity index (χ2n) is 14.7. The molecule has 0 heterocycles. The first kappa shape index (κ1) is 34.4. The van der Waals surface area contributed by atoms with Crippen LogP contribution >= 0.6 is 0 Å². The smallest absolute Gasteiger partial charge is 0.0104 e. The second-order valence-corrected chi connectivity index (χ2v) is 14.7. The SMILES string of the molecule is CC1=C(/C=C/C(C)=C/C=C/C(C)CCC/C=C(C)/C=C\CC(C)CCC2=C(C)CCCC2(C)C)C(C)(C)CCC1. The van der Waals surface area contributed by atoms with E-state index < -0.39 is 0 Å². The molecule has 2 aliphatic carbocycles. The van der Waals surface area contributed by atoms with E-state index >= 15 is 0 Å². The lowest BCUT2D eigenvalue weighted by molar-refractivity contribution is 0.344. The highest BCUT2D eigenvalue weighted by Gasteiger charge is 2.28. The largest absolute Gasteiger partial charge is 0.0840 e. The molecule has 2 rings (SSSR count). The van der Waals surface area contributed by atoms with Gasteiger partial charge in [0.15, 0.2) is 0 Å². The minimum Gasteiger partial charge on any atom is -0.0840 e. The molecule has 0 aromatic rings. The Balaban J connectivity index is 1.68. The quantitative estimate of drug-likeness (QED) is 0.116. The fourth-order valence-corrected chi connectivity index (χ4v) is 6.83. The van der Waals surface area contributed by atoms with Gasteiger partial charge in [0.2, 0.25) is 0 Å². The first-order valence-electron chi connectivity index (χ1n) is 16.6. The first-order chi connectivity index (χ1) is 18.8. The maximum atomic E-state index is 2.45. The zero-order chi connectivity index (χ0) is 29.8. The molecule has 0 saturated heterocycles. The Morgan fingerprint density at radius 2 is 1.52 bits per heavy atom. The summed E-state index contributed by atoms with van der Waals surface area (Å²) in [5, 5.41) is 0. The minimum atomic E-state index is 0.313. The van der Waals surface area contributed by atoms with E-state index in [1.54, 1.807) is 22.3 Å². The molecular weight excluding hydrogens is 480 g/mol. The predicted molar refractivity (Wildman–Crippen MR) is 182 cm³/mol. The van der Waals surface area contributed by atoms with Crippen molar-refractivity contribution in [2.45, 2.75) is 146 Å². The number of unbranched alkanes of at least 4 members (excludes halogenated alkanes) is 1. The Labute approximate surface area is 250 Å². The summed E-state index contributed by atoms with van der Waals surface area (Å²) in [6.07, 6.45) is 34.2. The lowest BCUT2D eigenvalue weighted by Gasteiger charge is -2.35. The third-order valence-corrected chi connectivity index (χ3v) is 9.68. The zero-order valence-electron chi connectivity index (χ0n) is 28.3. The third-order valence-electron chi connectivity index (χ3n) is 9.68. The van der Waals surface area contributed by atoms with Crippen LogP contribution in [0.3, 0.4) is 0 Å². The summed E-state index contributed by atoms with van der Waals surface area (Å²) >= 11 is 0. The van der Waals surface area contributed by atoms with Crippen molar-refractivity contribution in [3.8, 4) is 0 Å². The summed E-state index contributed by atoms with van der Waals surface area (Å²) in [7, 11) is 0. The van der Waals surface area contributed by atoms with Crippen LogP contribution in [0.4, 0.5) is 0 Å². The summed E-state index contributed by atoms with van der Waals surface area (Å²) in [5.74, 6) is 1.37. The Morgan fingerprint density at radius 3 is 2.20 bits per heavy atom. The van der Waals surface area contributed by atoms with Crippen LogP contribution in [0.1, 0.15) is 146 Å². The number of rotatable bonds is 14. The van der Waals surface area contributed by atoms with Crippen molar-refractivity contribution in [1.29, 1.82) is 0 Å². The van der Waals surface area contributed by atoms with Crippen LogP contribution in [0.15, 0.2) is 82.0 Å². The van der Waals surface area contributed by atoms with Crippen molar-refractivity contribution in [2.75, 3.05) is 0 Å². The lowest BCUT2D eigenvalue weighted by atomic mass is 9.70. The molecule has 0 heteroatoms. The van der Waals surface area contributed by atoms with Crippen LogP contribution in [0, 0.1) is 22.7 Å². The van der Waals surface area contributed by atoms with Crippen molar-refractivity contribution in [2.24, 2.45) is 22.7 Å². The Bertz CT molecular complexity index is 1010. The molecule has 2 atom stereocenters. The normalized spacial score (nSPS) is 22.2. The van der Waals surface area contributed by atoms with E-state index in [9.17, 15) is 0 Å². The van der Waals surface area contributed by atoms with Crippen molar-refractivity contribution in [3.63, 3.8) is 0 Å². The highest BCUT2D eigenvalue weighted by Crippen LogP contribution is 2.43. The van der Waals surface area contributed by atoms with E-state index in [1.165, 1.54) is 88.2 Å². The Morgan fingerprint density at radius 1 is 0.850 bits per heavy atom. The van der Waals surface area contributed by atoms with E-state index in [1.807, 2.05) is 0 Å². The number of allylic oxidation sites excluding steroid dienone is 14. The molecule has 0 aromatic heterocycles. The van der Waals surface area contributed by atoms with Gasteiger partial charge in [-0.3, -0.25) is 0 Å². The Hall–Kier alpha value is -1.82. The van der Waals surface area contributed by atoms with Crippen LogP contribution in [0.5, 0.6) is 0 Å².